The first-order valence-corrected chi connectivity index (χ1v) is 10.4. The van der Waals surface area contributed by atoms with Gasteiger partial charge in [-0.3, -0.25) is 4.79 Å². The first-order valence-electron chi connectivity index (χ1n) is 7.25. The van der Waals surface area contributed by atoms with Crippen molar-refractivity contribution < 1.29 is 13.2 Å². The lowest BCUT2D eigenvalue weighted by molar-refractivity contribution is -0.116. The summed E-state index contributed by atoms with van der Waals surface area (Å²) in [6.45, 7) is 1.87. The Morgan fingerprint density at radius 3 is 2.67 bits per heavy atom. The van der Waals surface area contributed by atoms with Gasteiger partial charge in [-0.15, -0.1) is 11.8 Å². The number of carbonyl (C=O) groups is 1. The summed E-state index contributed by atoms with van der Waals surface area (Å²) in [6, 6.07) is 7.52. The molecule has 0 saturated carbocycles. The SMILES string of the molecule is CCc1cccc(NC(=O)Cn2nc(SC)c(S(C)(=O)=O)c2N)c1. The van der Waals surface area contributed by atoms with E-state index in [4.69, 9.17) is 5.73 Å². The maximum absolute atomic E-state index is 12.2. The molecule has 2 aromatic rings. The minimum atomic E-state index is -3.52. The number of aromatic nitrogens is 2. The van der Waals surface area contributed by atoms with Crippen LogP contribution < -0.4 is 11.1 Å². The van der Waals surface area contributed by atoms with Crippen molar-refractivity contribution in [1.29, 1.82) is 0 Å². The van der Waals surface area contributed by atoms with Crippen LogP contribution in [0, 0.1) is 0 Å². The molecule has 0 fully saturated rings. The molecule has 0 bridgehead atoms. The van der Waals surface area contributed by atoms with Crippen molar-refractivity contribution in [3.05, 3.63) is 29.8 Å². The van der Waals surface area contributed by atoms with Crippen LogP contribution in [-0.4, -0.2) is 36.6 Å². The number of nitrogens with one attached hydrogen (secondary N) is 1. The largest absolute Gasteiger partial charge is 0.383 e. The van der Waals surface area contributed by atoms with Gasteiger partial charge in [0.15, 0.2) is 9.84 Å². The molecule has 0 saturated heterocycles. The van der Waals surface area contributed by atoms with E-state index in [2.05, 4.69) is 10.4 Å². The topological polar surface area (TPSA) is 107 Å². The summed E-state index contributed by atoms with van der Waals surface area (Å²) < 4.78 is 24.9. The second-order valence-corrected chi connectivity index (χ2v) is 8.00. The molecule has 2 rings (SSSR count). The van der Waals surface area contributed by atoms with E-state index in [0.717, 1.165) is 18.2 Å². The highest BCUT2D eigenvalue weighted by Gasteiger charge is 2.24. The average Bonchev–Trinajstić information content (AvgIpc) is 2.83. The Balaban J connectivity index is 2.22. The van der Waals surface area contributed by atoms with Gasteiger partial charge in [-0.2, -0.15) is 5.10 Å². The Hall–Kier alpha value is -2.00. The number of rotatable bonds is 6. The Morgan fingerprint density at radius 2 is 2.12 bits per heavy atom. The monoisotopic (exact) mass is 368 g/mol. The second kappa shape index (κ2) is 7.27. The van der Waals surface area contributed by atoms with E-state index >= 15 is 0 Å². The predicted octanol–water partition coefficient (Wildman–Crippen LogP) is 1.79. The summed E-state index contributed by atoms with van der Waals surface area (Å²) in [5.74, 6) is -0.357. The summed E-state index contributed by atoms with van der Waals surface area (Å²) in [7, 11) is -3.52. The smallest absolute Gasteiger partial charge is 0.246 e. The first kappa shape index (κ1) is 18.3. The minimum absolute atomic E-state index is 0.0284. The predicted molar refractivity (Wildman–Crippen MR) is 96.0 cm³/mol. The highest BCUT2D eigenvalue weighted by molar-refractivity contribution is 7.99. The highest BCUT2D eigenvalue weighted by Crippen LogP contribution is 2.29. The number of sulfone groups is 1. The average molecular weight is 368 g/mol. The number of nitrogen functional groups attached to an aromatic ring is 1. The molecule has 0 aliphatic rings. The van der Waals surface area contributed by atoms with Crippen LogP contribution in [0.15, 0.2) is 34.2 Å². The zero-order chi connectivity index (χ0) is 17.9. The van der Waals surface area contributed by atoms with Crippen molar-refractivity contribution in [1.82, 2.24) is 9.78 Å². The van der Waals surface area contributed by atoms with Gasteiger partial charge >= 0.3 is 0 Å². The van der Waals surface area contributed by atoms with Gasteiger partial charge in [-0.1, -0.05) is 19.1 Å². The first-order chi connectivity index (χ1) is 11.3. The number of nitrogens with zero attached hydrogens (tertiary/aromatic N) is 2. The molecule has 0 atom stereocenters. The molecular weight excluding hydrogens is 348 g/mol. The number of aryl methyl sites for hydroxylation is 1. The number of nitrogens with two attached hydrogens (primary N) is 1. The maximum Gasteiger partial charge on any atom is 0.246 e. The third-order valence-corrected chi connectivity index (χ3v) is 5.34. The third kappa shape index (κ3) is 4.09. The minimum Gasteiger partial charge on any atom is -0.383 e. The van der Waals surface area contributed by atoms with Crippen LogP contribution in [0.3, 0.4) is 0 Å². The van der Waals surface area contributed by atoms with Gasteiger partial charge < -0.3 is 11.1 Å². The van der Waals surface area contributed by atoms with Crippen molar-refractivity contribution >= 4 is 39.0 Å². The maximum atomic E-state index is 12.2. The van der Waals surface area contributed by atoms with E-state index < -0.39 is 9.84 Å². The molecule has 0 radical (unpaired) electrons. The molecule has 0 unspecified atom stereocenters. The van der Waals surface area contributed by atoms with Crippen LogP contribution in [0.5, 0.6) is 0 Å². The molecule has 0 aliphatic heterocycles. The molecular formula is C15H20N4O3S2. The molecule has 1 heterocycles. The Morgan fingerprint density at radius 1 is 1.42 bits per heavy atom. The number of hydrogen-bond donors (Lipinski definition) is 2. The Labute approximate surface area is 145 Å². The highest BCUT2D eigenvalue weighted by atomic mass is 32.2. The number of amides is 1. The fourth-order valence-corrected chi connectivity index (χ4v) is 4.26. The van der Waals surface area contributed by atoms with E-state index in [0.29, 0.717) is 5.69 Å². The number of anilines is 2. The van der Waals surface area contributed by atoms with Crippen molar-refractivity contribution in [3.63, 3.8) is 0 Å². The van der Waals surface area contributed by atoms with Gasteiger partial charge in [-0.25, -0.2) is 13.1 Å². The van der Waals surface area contributed by atoms with Crippen molar-refractivity contribution in [2.24, 2.45) is 0 Å². The third-order valence-electron chi connectivity index (χ3n) is 3.39. The van der Waals surface area contributed by atoms with Crippen LogP contribution in [0.1, 0.15) is 12.5 Å². The van der Waals surface area contributed by atoms with Gasteiger partial charge in [-0.05, 0) is 30.4 Å². The lowest BCUT2D eigenvalue weighted by Gasteiger charge is -2.08. The summed E-state index contributed by atoms with van der Waals surface area (Å²) in [6.07, 6.45) is 3.64. The molecule has 24 heavy (non-hydrogen) atoms. The summed E-state index contributed by atoms with van der Waals surface area (Å²) >= 11 is 1.17. The lowest BCUT2D eigenvalue weighted by atomic mass is 10.1. The van der Waals surface area contributed by atoms with Crippen LogP contribution in [0.4, 0.5) is 11.5 Å². The molecule has 0 aliphatic carbocycles. The number of carbonyl (C=O) groups excluding carboxylic acids is 1. The molecule has 1 amide bonds. The summed E-state index contributed by atoms with van der Waals surface area (Å²) in [4.78, 5) is 12.2. The molecule has 1 aromatic heterocycles. The van der Waals surface area contributed by atoms with Crippen LogP contribution in [0.2, 0.25) is 0 Å². The van der Waals surface area contributed by atoms with Gasteiger partial charge in [0, 0.05) is 11.9 Å². The molecule has 3 N–H and O–H groups in total. The van der Waals surface area contributed by atoms with Gasteiger partial charge in [0.25, 0.3) is 0 Å². The number of hydrogen-bond acceptors (Lipinski definition) is 6. The quantitative estimate of drug-likeness (QED) is 0.753. The number of thioether (sulfide) groups is 1. The van der Waals surface area contributed by atoms with Crippen LogP contribution >= 0.6 is 11.8 Å². The van der Waals surface area contributed by atoms with E-state index in [1.807, 2.05) is 25.1 Å². The van der Waals surface area contributed by atoms with E-state index in [-0.39, 0.29) is 28.2 Å². The Kier molecular flexibility index (Phi) is 5.55. The molecule has 7 nitrogen and oxygen atoms in total. The lowest BCUT2D eigenvalue weighted by Crippen LogP contribution is -2.21. The summed E-state index contributed by atoms with van der Waals surface area (Å²) in [5, 5.41) is 7.18. The molecule has 0 spiro atoms. The Bertz CT molecular complexity index is 860. The van der Waals surface area contributed by atoms with E-state index in [1.54, 1.807) is 12.3 Å². The zero-order valence-corrected chi connectivity index (χ0v) is 15.4. The molecule has 130 valence electrons. The normalized spacial score (nSPS) is 11.5. The van der Waals surface area contributed by atoms with E-state index in [9.17, 15) is 13.2 Å². The van der Waals surface area contributed by atoms with Crippen LogP contribution in [0.25, 0.3) is 0 Å². The van der Waals surface area contributed by atoms with E-state index in [1.165, 1.54) is 16.4 Å². The van der Waals surface area contributed by atoms with Crippen molar-refractivity contribution in [2.75, 3.05) is 23.6 Å². The molecule has 9 heteroatoms. The standard InChI is InChI=1S/C15H20N4O3S2/c1-4-10-6-5-7-11(8-10)17-12(20)9-19-14(16)13(24(3,21)22)15(18-19)23-2/h5-8H,4,9,16H2,1-3H3,(H,17,20). The summed E-state index contributed by atoms with van der Waals surface area (Å²) in [5.41, 5.74) is 7.67. The van der Waals surface area contributed by atoms with Gasteiger partial charge in [0.05, 0.1) is 0 Å². The fourth-order valence-electron chi connectivity index (χ4n) is 2.24. The zero-order valence-electron chi connectivity index (χ0n) is 13.7. The van der Waals surface area contributed by atoms with Gasteiger partial charge in [0.2, 0.25) is 5.91 Å². The van der Waals surface area contributed by atoms with Crippen molar-refractivity contribution in [2.45, 2.75) is 29.8 Å². The number of benzene rings is 1. The van der Waals surface area contributed by atoms with Crippen molar-refractivity contribution in [3.8, 4) is 0 Å². The van der Waals surface area contributed by atoms with Gasteiger partial charge in [0.1, 0.15) is 22.3 Å². The molecule has 1 aromatic carbocycles. The fraction of sp³-hybridized carbons (Fsp3) is 0.333. The second-order valence-electron chi connectivity index (χ2n) is 5.26. The van der Waals surface area contributed by atoms with Crippen LogP contribution in [-0.2, 0) is 27.6 Å².